The molecule has 0 bridgehead atoms. The van der Waals surface area contributed by atoms with Crippen LogP contribution in [0, 0.1) is 6.92 Å². The number of carbonyl (C=O) groups is 1. The molecule has 3 aromatic rings. The molecule has 0 saturated carbocycles. The minimum Gasteiger partial charge on any atom is -0.462 e. The van der Waals surface area contributed by atoms with Gasteiger partial charge in [-0.05, 0) is 36.6 Å². The van der Waals surface area contributed by atoms with E-state index in [1.54, 1.807) is 16.9 Å². The summed E-state index contributed by atoms with van der Waals surface area (Å²) in [5, 5.41) is 7.09. The lowest BCUT2D eigenvalue weighted by molar-refractivity contribution is 0.0937. The van der Waals surface area contributed by atoms with Crippen LogP contribution in [0.3, 0.4) is 0 Å². The molecule has 25 heavy (non-hydrogen) atoms. The van der Waals surface area contributed by atoms with Gasteiger partial charge in [-0.1, -0.05) is 24.3 Å². The summed E-state index contributed by atoms with van der Waals surface area (Å²) in [6, 6.07) is 11.5. The second-order valence-electron chi connectivity index (χ2n) is 6.08. The van der Waals surface area contributed by atoms with E-state index in [2.05, 4.69) is 29.5 Å². The number of nitrogens with one attached hydrogen (secondary N) is 1. The summed E-state index contributed by atoms with van der Waals surface area (Å²) >= 11 is 0. The highest BCUT2D eigenvalue weighted by Gasteiger charge is 2.17. The molecule has 0 unspecified atom stereocenters. The molecule has 3 rings (SSSR count). The third-order valence-corrected chi connectivity index (χ3v) is 4.28. The first-order valence-corrected chi connectivity index (χ1v) is 8.21. The Morgan fingerprint density at radius 2 is 2.16 bits per heavy atom. The van der Waals surface area contributed by atoms with E-state index in [1.807, 2.05) is 25.2 Å². The van der Waals surface area contributed by atoms with E-state index in [4.69, 9.17) is 10.2 Å². The SMILES string of the molecule is Cc1ccccc1C[C@@H](CN)NC(=O)c1coc(-c2ccnn2C)c1. The number of aromatic nitrogens is 2. The lowest BCUT2D eigenvalue weighted by Gasteiger charge is -2.17. The van der Waals surface area contributed by atoms with Gasteiger partial charge in [0.15, 0.2) is 5.76 Å². The summed E-state index contributed by atoms with van der Waals surface area (Å²) in [5.74, 6) is 0.412. The van der Waals surface area contributed by atoms with E-state index in [-0.39, 0.29) is 11.9 Å². The molecular formula is C19H22N4O2. The van der Waals surface area contributed by atoms with E-state index in [0.29, 0.717) is 24.3 Å². The Bertz CT molecular complexity index is 866. The normalized spacial score (nSPS) is 12.1. The number of amides is 1. The van der Waals surface area contributed by atoms with E-state index in [0.717, 1.165) is 5.69 Å². The Morgan fingerprint density at radius 3 is 2.84 bits per heavy atom. The number of nitrogens with two attached hydrogens (primary N) is 1. The minimum atomic E-state index is -0.193. The van der Waals surface area contributed by atoms with Crippen molar-refractivity contribution in [3.8, 4) is 11.5 Å². The van der Waals surface area contributed by atoms with Crippen molar-refractivity contribution < 1.29 is 9.21 Å². The van der Waals surface area contributed by atoms with Crippen molar-refractivity contribution in [1.29, 1.82) is 0 Å². The van der Waals surface area contributed by atoms with Gasteiger partial charge in [0.25, 0.3) is 5.91 Å². The highest BCUT2D eigenvalue weighted by molar-refractivity contribution is 5.95. The number of carbonyl (C=O) groups excluding carboxylic acids is 1. The summed E-state index contributed by atoms with van der Waals surface area (Å²) in [6.45, 7) is 2.42. The van der Waals surface area contributed by atoms with Gasteiger partial charge in [-0.15, -0.1) is 0 Å². The van der Waals surface area contributed by atoms with Gasteiger partial charge in [0.05, 0.1) is 5.56 Å². The second-order valence-corrected chi connectivity index (χ2v) is 6.08. The quantitative estimate of drug-likeness (QED) is 0.722. The Kier molecular flexibility index (Phi) is 5.00. The molecule has 0 aliphatic heterocycles. The van der Waals surface area contributed by atoms with Crippen molar-refractivity contribution in [2.45, 2.75) is 19.4 Å². The van der Waals surface area contributed by atoms with Crippen molar-refractivity contribution in [2.75, 3.05) is 6.54 Å². The van der Waals surface area contributed by atoms with E-state index >= 15 is 0 Å². The molecule has 0 saturated heterocycles. The standard InChI is InChI=1S/C19H22N4O2/c1-13-5-3-4-6-14(13)9-16(11-20)22-19(24)15-10-18(25-12-15)17-7-8-21-23(17)2/h3-8,10,12,16H,9,11,20H2,1-2H3,(H,22,24)/t16-/m0/s1. The summed E-state index contributed by atoms with van der Waals surface area (Å²) in [7, 11) is 1.82. The third-order valence-electron chi connectivity index (χ3n) is 4.28. The van der Waals surface area contributed by atoms with Gasteiger partial charge in [-0.25, -0.2) is 0 Å². The topological polar surface area (TPSA) is 86.1 Å². The predicted octanol–water partition coefficient (Wildman–Crippen LogP) is 2.29. The molecule has 0 radical (unpaired) electrons. The zero-order chi connectivity index (χ0) is 17.8. The Morgan fingerprint density at radius 1 is 1.36 bits per heavy atom. The maximum absolute atomic E-state index is 12.5. The number of rotatable bonds is 6. The molecule has 2 heterocycles. The van der Waals surface area contributed by atoms with Crippen LogP contribution in [0.1, 0.15) is 21.5 Å². The van der Waals surface area contributed by atoms with Gasteiger partial charge in [-0.3, -0.25) is 9.48 Å². The van der Waals surface area contributed by atoms with Gasteiger partial charge >= 0.3 is 0 Å². The molecule has 0 spiro atoms. The summed E-state index contributed by atoms with van der Waals surface area (Å²) in [5.41, 5.74) is 9.51. The molecule has 3 N–H and O–H groups in total. The number of nitrogens with zero attached hydrogens (tertiary/aromatic N) is 2. The molecular weight excluding hydrogens is 316 g/mol. The molecule has 1 aromatic carbocycles. The molecule has 2 aromatic heterocycles. The molecule has 0 aliphatic carbocycles. The highest BCUT2D eigenvalue weighted by atomic mass is 16.3. The van der Waals surface area contributed by atoms with Gasteiger partial charge < -0.3 is 15.5 Å². The predicted molar refractivity (Wildman–Crippen MR) is 96.1 cm³/mol. The molecule has 130 valence electrons. The van der Waals surface area contributed by atoms with Gasteiger partial charge in [0, 0.05) is 25.8 Å². The average Bonchev–Trinajstić information content (AvgIpc) is 3.24. The van der Waals surface area contributed by atoms with Gasteiger partial charge in [-0.2, -0.15) is 5.10 Å². The maximum atomic E-state index is 12.5. The fraction of sp³-hybridized carbons (Fsp3) is 0.263. The fourth-order valence-electron chi connectivity index (χ4n) is 2.77. The molecule has 0 fully saturated rings. The van der Waals surface area contributed by atoms with Crippen LogP contribution in [0.4, 0.5) is 0 Å². The Hall–Kier alpha value is -2.86. The Balaban J connectivity index is 1.69. The first kappa shape index (κ1) is 17.0. The van der Waals surface area contributed by atoms with Crippen LogP contribution in [0.5, 0.6) is 0 Å². The van der Waals surface area contributed by atoms with E-state index in [9.17, 15) is 4.79 Å². The number of hydrogen-bond acceptors (Lipinski definition) is 4. The monoisotopic (exact) mass is 338 g/mol. The largest absolute Gasteiger partial charge is 0.462 e. The van der Waals surface area contributed by atoms with Crippen LogP contribution in [0.2, 0.25) is 0 Å². The summed E-state index contributed by atoms with van der Waals surface area (Å²) < 4.78 is 7.21. The first-order chi connectivity index (χ1) is 12.1. The number of hydrogen-bond donors (Lipinski definition) is 2. The van der Waals surface area contributed by atoms with Crippen molar-refractivity contribution in [3.63, 3.8) is 0 Å². The second kappa shape index (κ2) is 7.36. The lowest BCUT2D eigenvalue weighted by Crippen LogP contribution is -2.41. The van der Waals surface area contributed by atoms with Crippen molar-refractivity contribution in [1.82, 2.24) is 15.1 Å². The van der Waals surface area contributed by atoms with Crippen LogP contribution in [0.15, 0.2) is 53.3 Å². The molecule has 6 heteroatoms. The first-order valence-electron chi connectivity index (χ1n) is 8.21. The van der Waals surface area contributed by atoms with E-state index < -0.39 is 0 Å². The van der Waals surface area contributed by atoms with E-state index in [1.165, 1.54) is 17.4 Å². The minimum absolute atomic E-state index is 0.136. The van der Waals surface area contributed by atoms with Gasteiger partial charge in [0.1, 0.15) is 12.0 Å². The lowest BCUT2D eigenvalue weighted by atomic mass is 10.0. The van der Waals surface area contributed by atoms with Crippen molar-refractivity contribution in [3.05, 3.63) is 65.5 Å². The Labute approximate surface area is 146 Å². The fourth-order valence-corrected chi connectivity index (χ4v) is 2.77. The molecule has 1 amide bonds. The van der Waals surface area contributed by atoms with Gasteiger partial charge in [0.2, 0.25) is 0 Å². The number of benzene rings is 1. The zero-order valence-electron chi connectivity index (χ0n) is 14.4. The average molecular weight is 338 g/mol. The molecule has 6 nitrogen and oxygen atoms in total. The van der Waals surface area contributed by atoms with Crippen molar-refractivity contribution in [2.24, 2.45) is 12.8 Å². The van der Waals surface area contributed by atoms with Crippen LogP contribution in [0.25, 0.3) is 11.5 Å². The number of furan rings is 1. The summed E-state index contributed by atoms with van der Waals surface area (Å²) in [6.07, 6.45) is 3.84. The highest BCUT2D eigenvalue weighted by Crippen LogP contribution is 2.21. The van der Waals surface area contributed by atoms with Crippen LogP contribution < -0.4 is 11.1 Å². The zero-order valence-corrected chi connectivity index (χ0v) is 14.4. The third kappa shape index (κ3) is 3.80. The molecule has 0 aliphatic rings. The van der Waals surface area contributed by atoms with Crippen molar-refractivity contribution >= 4 is 5.91 Å². The summed E-state index contributed by atoms with van der Waals surface area (Å²) in [4.78, 5) is 12.5. The van der Waals surface area contributed by atoms with Crippen LogP contribution >= 0.6 is 0 Å². The van der Waals surface area contributed by atoms with Crippen LogP contribution in [-0.4, -0.2) is 28.3 Å². The maximum Gasteiger partial charge on any atom is 0.254 e. The molecule has 1 atom stereocenters. The van der Waals surface area contributed by atoms with Crippen LogP contribution in [-0.2, 0) is 13.5 Å². The number of aryl methyl sites for hydroxylation is 2. The smallest absolute Gasteiger partial charge is 0.254 e.